The van der Waals surface area contributed by atoms with E-state index in [2.05, 4.69) is 15.7 Å². The molecule has 126 valence electrons. The number of nitrogens with one attached hydrogen (secondary N) is 2. The molecular formula is C17H21N5O2. The summed E-state index contributed by atoms with van der Waals surface area (Å²) in [7, 11) is 3.66. The highest BCUT2D eigenvalue weighted by atomic mass is 16.2. The first-order valence-electron chi connectivity index (χ1n) is 7.79. The van der Waals surface area contributed by atoms with Gasteiger partial charge in [-0.05, 0) is 39.0 Å². The monoisotopic (exact) mass is 327 g/mol. The summed E-state index contributed by atoms with van der Waals surface area (Å²) in [6.07, 6.45) is 0. The maximum absolute atomic E-state index is 12.6. The molecule has 0 saturated heterocycles. The molecule has 1 aromatic heterocycles. The highest BCUT2D eigenvalue weighted by Gasteiger charge is 2.27. The van der Waals surface area contributed by atoms with E-state index in [0.29, 0.717) is 17.1 Å². The Kier molecular flexibility index (Phi) is 3.79. The smallest absolute Gasteiger partial charge is 0.256 e. The van der Waals surface area contributed by atoms with Gasteiger partial charge in [0.15, 0.2) is 0 Å². The second-order valence-electron chi connectivity index (χ2n) is 6.14. The van der Waals surface area contributed by atoms with Gasteiger partial charge in [-0.15, -0.1) is 0 Å². The average molecular weight is 327 g/mol. The Bertz CT molecular complexity index is 840. The zero-order valence-corrected chi connectivity index (χ0v) is 14.5. The Balaban J connectivity index is 1.89. The molecule has 2 heterocycles. The predicted molar refractivity (Wildman–Crippen MR) is 93.6 cm³/mol. The van der Waals surface area contributed by atoms with Gasteiger partial charge in [-0.25, -0.2) is 0 Å². The molecule has 1 unspecified atom stereocenters. The minimum absolute atomic E-state index is 0.0827. The largest absolute Gasteiger partial charge is 0.361 e. The molecule has 0 spiro atoms. The van der Waals surface area contributed by atoms with Crippen LogP contribution in [0.15, 0.2) is 18.2 Å². The van der Waals surface area contributed by atoms with Crippen LogP contribution >= 0.6 is 0 Å². The number of aromatic nitrogens is 2. The molecule has 0 bridgehead atoms. The van der Waals surface area contributed by atoms with Crippen molar-refractivity contribution < 1.29 is 9.59 Å². The van der Waals surface area contributed by atoms with Crippen molar-refractivity contribution >= 4 is 29.0 Å². The van der Waals surface area contributed by atoms with Crippen molar-refractivity contribution in [1.82, 2.24) is 9.78 Å². The van der Waals surface area contributed by atoms with Crippen LogP contribution in [0.25, 0.3) is 0 Å². The van der Waals surface area contributed by atoms with Gasteiger partial charge in [0.05, 0.1) is 17.1 Å². The van der Waals surface area contributed by atoms with E-state index >= 15 is 0 Å². The summed E-state index contributed by atoms with van der Waals surface area (Å²) in [5.74, 6) is 0.352. The van der Waals surface area contributed by atoms with Crippen LogP contribution in [-0.2, 0) is 11.8 Å². The summed E-state index contributed by atoms with van der Waals surface area (Å²) in [5.41, 5.74) is 3.83. The molecule has 24 heavy (non-hydrogen) atoms. The zero-order chi connectivity index (χ0) is 17.6. The first-order valence-corrected chi connectivity index (χ1v) is 7.79. The van der Waals surface area contributed by atoms with Crippen molar-refractivity contribution in [3.05, 3.63) is 35.0 Å². The molecule has 2 amide bonds. The van der Waals surface area contributed by atoms with Crippen LogP contribution in [0.5, 0.6) is 0 Å². The molecule has 1 aromatic carbocycles. The van der Waals surface area contributed by atoms with Crippen LogP contribution in [-0.4, -0.2) is 34.7 Å². The van der Waals surface area contributed by atoms with Gasteiger partial charge in [-0.1, -0.05) is 0 Å². The third-order valence-electron chi connectivity index (χ3n) is 4.61. The third-order valence-corrected chi connectivity index (χ3v) is 4.61. The fourth-order valence-corrected chi connectivity index (χ4v) is 2.83. The minimum atomic E-state index is -0.239. The molecule has 0 saturated carbocycles. The second kappa shape index (κ2) is 5.67. The van der Waals surface area contributed by atoms with Crippen molar-refractivity contribution in [2.24, 2.45) is 7.05 Å². The Morgan fingerprint density at radius 3 is 2.62 bits per heavy atom. The van der Waals surface area contributed by atoms with E-state index in [-0.39, 0.29) is 17.9 Å². The van der Waals surface area contributed by atoms with Crippen LogP contribution in [0.4, 0.5) is 17.2 Å². The average Bonchev–Trinajstić information content (AvgIpc) is 2.78. The molecule has 7 nitrogen and oxygen atoms in total. The summed E-state index contributed by atoms with van der Waals surface area (Å²) < 4.78 is 1.65. The lowest BCUT2D eigenvalue weighted by atomic mass is 10.1. The van der Waals surface area contributed by atoms with Crippen LogP contribution < -0.4 is 15.5 Å². The van der Waals surface area contributed by atoms with Crippen molar-refractivity contribution in [2.45, 2.75) is 26.8 Å². The number of fused-ring (bicyclic) bond motifs is 1. The first-order chi connectivity index (χ1) is 11.3. The van der Waals surface area contributed by atoms with Gasteiger partial charge in [0, 0.05) is 25.2 Å². The van der Waals surface area contributed by atoms with E-state index in [1.807, 2.05) is 38.8 Å². The molecule has 2 aromatic rings. The summed E-state index contributed by atoms with van der Waals surface area (Å²) in [5, 5.41) is 10.0. The summed E-state index contributed by atoms with van der Waals surface area (Å²) in [4.78, 5) is 26.4. The van der Waals surface area contributed by atoms with Crippen molar-refractivity contribution in [3.8, 4) is 0 Å². The van der Waals surface area contributed by atoms with Gasteiger partial charge in [-0.3, -0.25) is 14.3 Å². The molecule has 0 fully saturated rings. The van der Waals surface area contributed by atoms with E-state index < -0.39 is 0 Å². The SMILES string of the molecule is Cc1nn(C)c(NC(=O)c2ccc3c(c2)NC(=O)C(C)N3C)c1C. The Morgan fingerprint density at radius 1 is 1.29 bits per heavy atom. The second-order valence-corrected chi connectivity index (χ2v) is 6.14. The number of carbonyl (C=O) groups is 2. The lowest BCUT2D eigenvalue weighted by molar-refractivity contribution is -0.117. The fraction of sp³-hybridized carbons (Fsp3) is 0.353. The van der Waals surface area contributed by atoms with Crippen LogP contribution in [0.1, 0.15) is 28.5 Å². The van der Waals surface area contributed by atoms with Crippen LogP contribution in [0.2, 0.25) is 0 Å². The minimum Gasteiger partial charge on any atom is -0.361 e. The van der Waals surface area contributed by atoms with E-state index in [4.69, 9.17) is 0 Å². The van der Waals surface area contributed by atoms with Crippen LogP contribution in [0, 0.1) is 13.8 Å². The number of nitrogens with zero attached hydrogens (tertiary/aromatic N) is 3. The highest BCUT2D eigenvalue weighted by Crippen LogP contribution is 2.32. The first kappa shape index (κ1) is 16.0. The van der Waals surface area contributed by atoms with E-state index in [0.717, 1.165) is 16.9 Å². The Morgan fingerprint density at radius 2 is 2.00 bits per heavy atom. The molecule has 7 heteroatoms. The molecule has 3 rings (SSSR count). The summed E-state index contributed by atoms with van der Waals surface area (Å²) in [6.45, 7) is 5.66. The van der Waals surface area contributed by atoms with Gasteiger partial charge in [0.2, 0.25) is 5.91 Å². The van der Waals surface area contributed by atoms with Gasteiger partial charge in [0.1, 0.15) is 11.9 Å². The zero-order valence-electron chi connectivity index (χ0n) is 14.5. The molecule has 1 aliphatic heterocycles. The Labute approximate surface area is 140 Å². The number of rotatable bonds is 2. The normalized spacial score (nSPS) is 16.6. The molecule has 1 atom stereocenters. The third kappa shape index (κ3) is 2.51. The molecule has 1 aliphatic rings. The molecule has 0 aliphatic carbocycles. The van der Waals surface area contributed by atoms with Gasteiger partial charge in [-0.2, -0.15) is 5.10 Å². The van der Waals surface area contributed by atoms with Crippen molar-refractivity contribution in [3.63, 3.8) is 0 Å². The fourth-order valence-electron chi connectivity index (χ4n) is 2.83. The summed E-state index contributed by atoms with van der Waals surface area (Å²) >= 11 is 0. The predicted octanol–water partition coefficient (Wildman–Crippen LogP) is 2.07. The van der Waals surface area contributed by atoms with E-state index in [1.54, 1.807) is 23.9 Å². The number of benzene rings is 1. The van der Waals surface area contributed by atoms with E-state index in [1.165, 1.54) is 0 Å². The quantitative estimate of drug-likeness (QED) is 0.885. The summed E-state index contributed by atoms with van der Waals surface area (Å²) in [6, 6.07) is 5.07. The van der Waals surface area contributed by atoms with Crippen LogP contribution in [0.3, 0.4) is 0 Å². The van der Waals surface area contributed by atoms with Crippen molar-refractivity contribution in [2.75, 3.05) is 22.6 Å². The molecular weight excluding hydrogens is 306 g/mol. The lowest BCUT2D eigenvalue weighted by Crippen LogP contribution is -2.43. The number of hydrogen-bond donors (Lipinski definition) is 2. The topological polar surface area (TPSA) is 79.3 Å². The molecule has 2 N–H and O–H groups in total. The Hall–Kier alpha value is -2.83. The number of aryl methyl sites for hydroxylation is 2. The maximum atomic E-state index is 12.6. The number of carbonyl (C=O) groups excluding carboxylic acids is 2. The lowest BCUT2D eigenvalue weighted by Gasteiger charge is -2.33. The van der Waals surface area contributed by atoms with Crippen molar-refractivity contribution in [1.29, 1.82) is 0 Å². The van der Waals surface area contributed by atoms with E-state index in [9.17, 15) is 9.59 Å². The van der Waals surface area contributed by atoms with Gasteiger partial charge in [0.25, 0.3) is 5.91 Å². The number of hydrogen-bond acceptors (Lipinski definition) is 4. The number of likely N-dealkylation sites (N-methyl/N-ethyl adjacent to an activating group) is 1. The molecule has 0 radical (unpaired) electrons. The van der Waals surface area contributed by atoms with Gasteiger partial charge < -0.3 is 15.5 Å². The number of amides is 2. The van der Waals surface area contributed by atoms with Gasteiger partial charge >= 0.3 is 0 Å². The maximum Gasteiger partial charge on any atom is 0.256 e. The highest BCUT2D eigenvalue weighted by molar-refractivity contribution is 6.08. The standard InChI is InChI=1S/C17H21N5O2/c1-9-10(2)20-22(5)15(9)19-17(24)12-6-7-14-13(8-12)18-16(23)11(3)21(14)4/h6-8,11H,1-5H3,(H,18,23)(H,19,24). The number of anilines is 3.